The molecule has 6 heteroatoms. The Morgan fingerprint density at radius 3 is 2.34 bits per heavy atom. The van der Waals surface area contributed by atoms with Crippen LogP contribution in [0, 0.1) is 0 Å². The van der Waals surface area contributed by atoms with Crippen molar-refractivity contribution in [1.29, 1.82) is 0 Å². The zero-order valence-electron chi connectivity index (χ0n) is 20.7. The van der Waals surface area contributed by atoms with Crippen LogP contribution in [0.4, 0.5) is 0 Å². The summed E-state index contributed by atoms with van der Waals surface area (Å²) in [6.07, 6.45) is 8.06. The molecule has 2 rings (SSSR count). The third-order valence-electron chi connectivity index (χ3n) is 6.65. The molecule has 1 aliphatic heterocycles. The summed E-state index contributed by atoms with van der Waals surface area (Å²) < 4.78 is 17.7. The van der Waals surface area contributed by atoms with E-state index in [0.29, 0.717) is 30.9 Å². The van der Waals surface area contributed by atoms with E-state index < -0.39 is 8.32 Å². The average molecular weight is 458 g/mol. The van der Waals surface area contributed by atoms with Crippen molar-refractivity contribution in [3.05, 3.63) is 60.7 Å². The number of benzene rings is 1. The van der Waals surface area contributed by atoms with Crippen LogP contribution >= 0.6 is 0 Å². The van der Waals surface area contributed by atoms with Gasteiger partial charge in [0.05, 0.1) is 32.9 Å². The van der Waals surface area contributed by atoms with Crippen molar-refractivity contribution in [3.63, 3.8) is 0 Å². The lowest BCUT2D eigenvalue weighted by atomic mass is 9.86. The van der Waals surface area contributed by atoms with Crippen LogP contribution in [0.5, 0.6) is 11.5 Å². The molecule has 0 N–H and O–H groups in total. The van der Waals surface area contributed by atoms with Crippen molar-refractivity contribution in [3.8, 4) is 11.5 Å². The third kappa shape index (κ3) is 5.53. The van der Waals surface area contributed by atoms with Crippen molar-refractivity contribution >= 4 is 14.2 Å². The van der Waals surface area contributed by atoms with Crippen molar-refractivity contribution < 1.29 is 18.7 Å². The molecule has 32 heavy (non-hydrogen) atoms. The van der Waals surface area contributed by atoms with E-state index in [-0.39, 0.29) is 23.0 Å². The zero-order chi connectivity index (χ0) is 24.1. The molecule has 0 spiro atoms. The number of carbonyl (C=O) groups excluding carboxylic acids is 1. The summed E-state index contributed by atoms with van der Waals surface area (Å²) in [6, 6.07) is 3.77. The number of methoxy groups -OCH3 is 2. The van der Waals surface area contributed by atoms with Crippen LogP contribution in [-0.4, -0.2) is 46.0 Å². The first-order valence-corrected chi connectivity index (χ1v) is 14.0. The highest BCUT2D eigenvalue weighted by Crippen LogP contribution is 2.43. The molecule has 0 unspecified atom stereocenters. The van der Waals surface area contributed by atoms with Crippen LogP contribution in [0.1, 0.15) is 44.4 Å². The predicted octanol–water partition coefficient (Wildman–Crippen LogP) is 5.84. The molecule has 1 aromatic carbocycles. The first-order valence-electron chi connectivity index (χ1n) is 11.1. The summed E-state index contributed by atoms with van der Waals surface area (Å²) in [7, 11) is 1.29. The summed E-state index contributed by atoms with van der Waals surface area (Å²) >= 11 is 0. The Morgan fingerprint density at radius 2 is 1.81 bits per heavy atom. The van der Waals surface area contributed by atoms with Gasteiger partial charge >= 0.3 is 0 Å². The number of nitrogens with zero attached hydrogens (tertiary/aromatic N) is 1. The minimum Gasteiger partial charge on any atom is -0.493 e. The van der Waals surface area contributed by atoms with Gasteiger partial charge in [0, 0.05) is 6.08 Å². The number of ether oxygens (including phenoxy) is 2. The minimum absolute atomic E-state index is 0.0546. The Balaban J connectivity index is 2.55. The van der Waals surface area contributed by atoms with Crippen molar-refractivity contribution in [2.45, 2.75) is 63.8 Å². The van der Waals surface area contributed by atoms with Gasteiger partial charge in [-0.15, -0.1) is 6.58 Å². The summed E-state index contributed by atoms with van der Waals surface area (Å²) in [5, 5.41) is 0.0915. The molecular weight excluding hydrogens is 418 g/mol. The number of rotatable bonds is 9. The average Bonchev–Trinajstić information content (AvgIpc) is 2.74. The molecule has 5 nitrogen and oxygen atoms in total. The van der Waals surface area contributed by atoms with Gasteiger partial charge in [-0.05, 0) is 54.2 Å². The van der Waals surface area contributed by atoms with E-state index in [1.54, 1.807) is 32.4 Å². The molecule has 1 aromatic rings. The first kappa shape index (κ1) is 25.9. The molecule has 0 saturated carbocycles. The zero-order valence-corrected chi connectivity index (χ0v) is 21.7. The Labute approximate surface area is 194 Å². The van der Waals surface area contributed by atoms with E-state index in [0.717, 1.165) is 11.1 Å². The topological polar surface area (TPSA) is 48.0 Å². The van der Waals surface area contributed by atoms with Crippen LogP contribution in [0.2, 0.25) is 18.1 Å². The Hall–Kier alpha value is -2.31. The number of carbonyl (C=O) groups is 1. The van der Waals surface area contributed by atoms with E-state index in [1.165, 1.54) is 0 Å². The van der Waals surface area contributed by atoms with E-state index in [2.05, 4.69) is 47.0 Å². The van der Waals surface area contributed by atoms with Crippen LogP contribution in [0.15, 0.2) is 49.6 Å². The van der Waals surface area contributed by atoms with E-state index in [9.17, 15) is 4.79 Å². The van der Waals surface area contributed by atoms with E-state index >= 15 is 0 Å². The van der Waals surface area contributed by atoms with Crippen LogP contribution in [0.3, 0.4) is 0 Å². The monoisotopic (exact) mass is 457 g/mol. The van der Waals surface area contributed by atoms with Crippen LogP contribution < -0.4 is 9.47 Å². The summed E-state index contributed by atoms with van der Waals surface area (Å²) in [4.78, 5) is 15.3. The Bertz CT molecular complexity index is 869. The molecular formula is C26H39NO4Si. The van der Waals surface area contributed by atoms with Crippen LogP contribution in [-0.2, 0) is 15.6 Å². The van der Waals surface area contributed by atoms with Gasteiger partial charge in [-0.3, -0.25) is 4.79 Å². The molecule has 0 saturated heterocycles. The number of allylic oxidation sites excluding steroid dienone is 2. The lowest BCUT2D eigenvalue weighted by molar-refractivity contribution is -0.132. The Morgan fingerprint density at radius 1 is 1.19 bits per heavy atom. The van der Waals surface area contributed by atoms with Crippen LogP contribution in [0.25, 0.3) is 0 Å². The third-order valence-corrected chi connectivity index (χ3v) is 11.2. The maximum atomic E-state index is 13.3. The quantitative estimate of drug-likeness (QED) is 0.202. The molecule has 2 atom stereocenters. The van der Waals surface area contributed by atoms with Gasteiger partial charge in [-0.2, -0.15) is 0 Å². The normalized spacial score (nSPS) is 18.9. The van der Waals surface area contributed by atoms with E-state index in [4.69, 9.17) is 13.9 Å². The fourth-order valence-electron chi connectivity index (χ4n) is 3.81. The Kier molecular flexibility index (Phi) is 8.54. The SMILES string of the molecule is C=C/C=C/C(=O)N1[C@H](CO[Si](C)(C)C(C)(C)C)Cc2cc(OC)c(OC)cc2[C@H]1CC=C. The lowest BCUT2D eigenvalue weighted by Crippen LogP contribution is -2.51. The van der Waals surface area contributed by atoms with Gasteiger partial charge in [0.2, 0.25) is 5.91 Å². The van der Waals surface area contributed by atoms with E-state index in [1.807, 2.05) is 23.1 Å². The molecule has 0 bridgehead atoms. The largest absolute Gasteiger partial charge is 0.493 e. The van der Waals surface area contributed by atoms with Crippen molar-refractivity contribution in [1.82, 2.24) is 4.90 Å². The molecule has 0 aromatic heterocycles. The second kappa shape index (κ2) is 10.5. The molecule has 1 aliphatic rings. The molecule has 176 valence electrons. The smallest absolute Gasteiger partial charge is 0.247 e. The second-order valence-corrected chi connectivity index (χ2v) is 14.5. The summed E-state index contributed by atoms with van der Waals surface area (Å²) in [6.45, 7) is 19.3. The number of fused-ring (bicyclic) bond motifs is 1. The molecule has 0 fully saturated rings. The fraction of sp³-hybridized carbons (Fsp3) is 0.500. The first-order chi connectivity index (χ1) is 15.0. The predicted molar refractivity (Wildman–Crippen MR) is 134 cm³/mol. The minimum atomic E-state index is -1.98. The highest BCUT2D eigenvalue weighted by molar-refractivity contribution is 6.74. The number of hydrogen-bond donors (Lipinski definition) is 0. The highest BCUT2D eigenvalue weighted by Gasteiger charge is 2.41. The number of amides is 1. The summed E-state index contributed by atoms with van der Waals surface area (Å²) in [5.74, 6) is 1.30. The van der Waals surface area contributed by atoms with Gasteiger partial charge in [0.1, 0.15) is 0 Å². The van der Waals surface area contributed by atoms with Crippen molar-refractivity contribution in [2.75, 3.05) is 20.8 Å². The number of hydrogen-bond acceptors (Lipinski definition) is 4. The standard InChI is InChI=1S/C26H39NO4Si/c1-10-12-14-25(28)27-20(18-31-32(8,9)26(3,4)5)15-19-16-23(29-6)24(30-7)17-21(19)22(27)13-11-2/h10-12,14,16-17,20,22H,1-2,13,15,18H2,3-9H3/b14-12+/t20-,22+/m0/s1. The van der Waals surface area contributed by atoms with Gasteiger partial charge in [-0.25, -0.2) is 0 Å². The maximum absolute atomic E-state index is 13.3. The maximum Gasteiger partial charge on any atom is 0.247 e. The molecule has 0 aliphatic carbocycles. The fourth-order valence-corrected chi connectivity index (χ4v) is 4.85. The van der Waals surface area contributed by atoms with Crippen molar-refractivity contribution in [2.24, 2.45) is 0 Å². The molecule has 0 radical (unpaired) electrons. The second-order valence-electron chi connectivity index (χ2n) is 9.72. The van der Waals surface area contributed by atoms with Gasteiger partial charge < -0.3 is 18.8 Å². The summed E-state index contributed by atoms with van der Waals surface area (Å²) in [5.41, 5.74) is 2.21. The molecule has 1 amide bonds. The van der Waals surface area contributed by atoms with Gasteiger partial charge in [0.25, 0.3) is 0 Å². The lowest BCUT2D eigenvalue weighted by Gasteiger charge is -2.45. The molecule has 1 heterocycles. The van der Waals surface area contributed by atoms with Gasteiger partial charge in [-0.1, -0.05) is 45.6 Å². The van der Waals surface area contributed by atoms with Gasteiger partial charge in [0.15, 0.2) is 19.8 Å². The highest BCUT2D eigenvalue weighted by atomic mass is 28.4.